The molecule has 0 aliphatic carbocycles. The van der Waals surface area contributed by atoms with E-state index in [9.17, 15) is 4.79 Å². The normalized spacial score (nSPS) is 15.8. The van der Waals surface area contributed by atoms with Crippen LogP contribution in [0.5, 0.6) is 5.88 Å². The van der Waals surface area contributed by atoms with Gasteiger partial charge in [-0.3, -0.25) is 9.48 Å². The van der Waals surface area contributed by atoms with E-state index in [1.54, 1.807) is 30.3 Å². The van der Waals surface area contributed by atoms with Gasteiger partial charge in [-0.15, -0.1) is 0 Å². The summed E-state index contributed by atoms with van der Waals surface area (Å²) in [6.07, 6.45) is 3.94. The highest BCUT2D eigenvalue weighted by Crippen LogP contribution is 2.39. The molecule has 1 aromatic carbocycles. The number of halogens is 2. The number of ether oxygens (including phenoxy) is 1. The summed E-state index contributed by atoms with van der Waals surface area (Å²) in [5.41, 5.74) is 3.53. The van der Waals surface area contributed by atoms with Crippen molar-refractivity contribution in [3.05, 3.63) is 74.6 Å². The number of benzene rings is 1. The highest BCUT2D eigenvalue weighted by atomic mass is 79.9. The van der Waals surface area contributed by atoms with Crippen LogP contribution in [0.3, 0.4) is 0 Å². The van der Waals surface area contributed by atoms with E-state index in [0.717, 1.165) is 21.3 Å². The molecule has 1 aliphatic heterocycles. The van der Waals surface area contributed by atoms with Crippen LogP contribution in [0.1, 0.15) is 33.2 Å². The largest absolute Gasteiger partial charge is 0.481 e. The van der Waals surface area contributed by atoms with Crippen molar-refractivity contribution < 1.29 is 9.53 Å². The first-order valence-corrected chi connectivity index (χ1v) is 9.90. The minimum Gasteiger partial charge on any atom is -0.481 e. The predicted octanol–water partition coefficient (Wildman–Crippen LogP) is 4.18. The van der Waals surface area contributed by atoms with Gasteiger partial charge in [0.2, 0.25) is 5.88 Å². The molecule has 3 heterocycles. The summed E-state index contributed by atoms with van der Waals surface area (Å²) >= 11 is 9.86. The van der Waals surface area contributed by atoms with Gasteiger partial charge in [-0.1, -0.05) is 33.6 Å². The van der Waals surface area contributed by atoms with Crippen molar-refractivity contribution in [1.82, 2.24) is 19.7 Å². The number of hydrogen-bond donors (Lipinski definition) is 0. The molecule has 0 saturated heterocycles. The zero-order valence-electron chi connectivity index (χ0n) is 15.4. The molecule has 1 amide bonds. The molecule has 0 spiro atoms. The summed E-state index contributed by atoms with van der Waals surface area (Å²) in [5.74, 6) is 0.545. The Kier molecular flexibility index (Phi) is 5.12. The summed E-state index contributed by atoms with van der Waals surface area (Å²) in [4.78, 5) is 19.3. The van der Waals surface area contributed by atoms with E-state index >= 15 is 0 Å². The first-order valence-electron chi connectivity index (χ1n) is 8.73. The average Bonchev–Trinajstić information content (AvgIpc) is 3.14. The van der Waals surface area contributed by atoms with E-state index in [1.165, 1.54) is 0 Å². The predicted molar refractivity (Wildman–Crippen MR) is 109 cm³/mol. The van der Waals surface area contributed by atoms with E-state index < -0.39 is 0 Å². The zero-order valence-corrected chi connectivity index (χ0v) is 17.7. The lowest BCUT2D eigenvalue weighted by molar-refractivity contribution is 0.0707. The van der Waals surface area contributed by atoms with Crippen molar-refractivity contribution in [3.8, 4) is 5.88 Å². The molecule has 0 radical (unpaired) electrons. The molecule has 1 aliphatic rings. The van der Waals surface area contributed by atoms with Crippen LogP contribution in [0.2, 0.25) is 5.02 Å². The standard InChI is InChI=1S/C20H18BrClN4O2/c1-25-18(16(22)10-24-25)8-17-15-7-13(21)4-5-14(15)20(27)26(17)11-12-3-6-19(28-2)23-9-12/h3-7,9-10,17H,8,11H2,1-2H3. The number of aromatic nitrogens is 3. The fourth-order valence-electron chi connectivity index (χ4n) is 3.54. The van der Waals surface area contributed by atoms with Crippen molar-refractivity contribution in [2.75, 3.05) is 7.11 Å². The number of pyridine rings is 1. The number of nitrogens with zero attached hydrogens (tertiary/aromatic N) is 4. The molecule has 8 heteroatoms. The maximum atomic E-state index is 13.2. The quantitative estimate of drug-likeness (QED) is 0.572. The fraction of sp³-hybridized carbons (Fsp3) is 0.250. The molecular formula is C20H18BrClN4O2. The van der Waals surface area contributed by atoms with Crippen molar-refractivity contribution in [2.45, 2.75) is 19.0 Å². The summed E-state index contributed by atoms with van der Waals surface area (Å²) in [7, 11) is 3.44. The summed E-state index contributed by atoms with van der Waals surface area (Å²) in [5, 5.41) is 4.83. The Morgan fingerprint density at radius 1 is 1.25 bits per heavy atom. The second kappa shape index (κ2) is 7.56. The van der Waals surface area contributed by atoms with Gasteiger partial charge >= 0.3 is 0 Å². The summed E-state index contributed by atoms with van der Waals surface area (Å²) < 4.78 is 7.82. The third-order valence-corrected chi connectivity index (χ3v) is 5.81. The Morgan fingerprint density at radius 2 is 2.07 bits per heavy atom. The Bertz CT molecular complexity index is 1020. The van der Waals surface area contributed by atoms with Gasteiger partial charge in [-0.2, -0.15) is 5.10 Å². The van der Waals surface area contributed by atoms with E-state index in [2.05, 4.69) is 26.0 Å². The van der Waals surface area contributed by atoms with Gasteiger partial charge in [-0.05, 0) is 29.3 Å². The molecule has 144 valence electrons. The van der Waals surface area contributed by atoms with E-state index in [-0.39, 0.29) is 11.9 Å². The van der Waals surface area contributed by atoms with Gasteiger partial charge in [-0.25, -0.2) is 4.98 Å². The van der Waals surface area contributed by atoms with Crippen molar-refractivity contribution >= 4 is 33.4 Å². The number of aryl methyl sites for hydroxylation is 1. The maximum Gasteiger partial charge on any atom is 0.255 e. The monoisotopic (exact) mass is 460 g/mol. The van der Waals surface area contributed by atoms with Crippen LogP contribution < -0.4 is 4.74 Å². The minimum absolute atomic E-state index is 0.00149. The zero-order chi connectivity index (χ0) is 19.8. The Hall–Kier alpha value is -2.38. The van der Waals surface area contributed by atoms with Crippen LogP contribution >= 0.6 is 27.5 Å². The van der Waals surface area contributed by atoms with Crippen LogP contribution in [-0.2, 0) is 20.0 Å². The molecule has 0 saturated carbocycles. The Morgan fingerprint density at radius 3 is 2.71 bits per heavy atom. The first-order chi connectivity index (χ1) is 13.5. The average molecular weight is 462 g/mol. The van der Waals surface area contributed by atoms with Crippen LogP contribution in [0.4, 0.5) is 0 Å². The molecule has 28 heavy (non-hydrogen) atoms. The van der Waals surface area contributed by atoms with Crippen LogP contribution in [0.25, 0.3) is 0 Å². The topological polar surface area (TPSA) is 60.2 Å². The van der Waals surface area contributed by atoms with Crippen LogP contribution in [0, 0.1) is 0 Å². The number of carbonyl (C=O) groups excluding carboxylic acids is 1. The maximum absolute atomic E-state index is 13.2. The third kappa shape index (κ3) is 3.40. The van der Waals surface area contributed by atoms with Gasteiger partial charge < -0.3 is 9.64 Å². The lowest BCUT2D eigenvalue weighted by Gasteiger charge is -2.26. The lowest BCUT2D eigenvalue weighted by atomic mass is 10.0. The van der Waals surface area contributed by atoms with Gasteiger partial charge in [0.25, 0.3) is 5.91 Å². The SMILES string of the molecule is COc1ccc(CN2C(=O)c3ccc(Br)cc3C2Cc2c(Cl)cnn2C)cn1. The van der Waals surface area contributed by atoms with Gasteiger partial charge in [0, 0.05) is 42.3 Å². The number of amides is 1. The Labute approximate surface area is 176 Å². The third-order valence-electron chi connectivity index (χ3n) is 5.00. The number of methoxy groups -OCH3 is 1. The number of fused-ring (bicyclic) bond motifs is 1. The number of rotatable bonds is 5. The summed E-state index contributed by atoms with van der Waals surface area (Å²) in [6, 6.07) is 9.34. The van der Waals surface area contributed by atoms with Crippen molar-refractivity contribution in [1.29, 1.82) is 0 Å². The smallest absolute Gasteiger partial charge is 0.255 e. The molecule has 0 fully saturated rings. The second-order valence-electron chi connectivity index (χ2n) is 6.66. The lowest BCUT2D eigenvalue weighted by Crippen LogP contribution is -2.29. The van der Waals surface area contributed by atoms with E-state index in [4.69, 9.17) is 16.3 Å². The van der Waals surface area contributed by atoms with Crippen molar-refractivity contribution in [2.24, 2.45) is 7.05 Å². The highest BCUT2D eigenvalue weighted by molar-refractivity contribution is 9.10. The fourth-order valence-corrected chi connectivity index (χ4v) is 4.16. The molecule has 3 aromatic rings. The molecule has 1 unspecified atom stereocenters. The molecule has 0 bridgehead atoms. The van der Waals surface area contributed by atoms with Gasteiger partial charge in [0.15, 0.2) is 0 Å². The molecule has 0 N–H and O–H groups in total. The molecule has 6 nitrogen and oxygen atoms in total. The molecule has 4 rings (SSSR count). The van der Waals surface area contributed by atoms with E-state index in [0.29, 0.717) is 29.4 Å². The van der Waals surface area contributed by atoms with E-state index in [1.807, 2.05) is 36.2 Å². The van der Waals surface area contributed by atoms with Crippen LogP contribution in [-0.4, -0.2) is 32.7 Å². The number of hydrogen-bond acceptors (Lipinski definition) is 4. The van der Waals surface area contributed by atoms with Crippen molar-refractivity contribution in [3.63, 3.8) is 0 Å². The molecule has 1 atom stereocenters. The number of carbonyl (C=O) groups is 1. The minimum atomic E-state index is -0.144. The Balaban J connectivity index is 1.71. The molecular weight excluding hydrogens is 444 g/mol. The summed E-state index contributed by atoms with van der Waals surface area (Å²) in [6.45, 7) is 0.447. The first kappa shape index (κ1) is 19.0. The molecule has 2 aromatic heterocycles. The second-order valence-corrected chi connectivity index (χ2v) is 7.98. The van der Waals surface area contributed by atoms with Gasteiger partial charge in [0.1, 0.15) is 0 Å². The highest BCUT2D eigenvalue weighted by Gasteiger charge is 2.37. The van der Waals surface area contributed by atoms with Crippen LogP contribution in [0.15, 0.2) is 47.2 Å². The van der Waals surface area contributed by atoms with Gasteiger partial charge in [0.05, 0.1) is 30.1 Å².